The van der Waals surface area contributed by atoms with Crippen LogP contribution < -0.4 is 10.6 Å². The minimum atomic E-state index is -0.686. The summed E-state index contributed by atoms with van der Waals surface area (Å²) in [6, 6.07) is 4.58. The van der Waals surface area contributed by atoms with E-state index in [1.807, 2.05) is 0 Å². The van der Waals surface area contributed by atoms with Gasteiger partial charge in [0.25, 0.3) is 5.91 Å². The van der Waals surface area contributed by atoms with Crippen LogP contribution in [0.1, 0.15) is 26.2 Å². The smallest absolute Gasteiger partial charge is 0.263 e. The maximum Gasteiger partial charge on any atom is 0.263 e. The lowest BCUT2D eigenvalue weighted by molar-refractivity contribution is -0.117. The van der Waals surface area contributed by atoms with E-state index >= 15 is 0 Å². The van der Waals surface area contributed by atoms with E-state index in [-0.39, 0.29) is 11.3 Å². The SMILES string of the molecule is CCCCOCCCNC(=O)/C(C#N)=C\Nc1cc(F)ccc1F. The van der Waals surface area contributed by atoms with Crippen LogP contribution in [0.25, 0.3) is 0 Å². The van der Waals surface area contributed by atoms with E-state index in [0.29, 0.717) is 26.2 Å². The summed E-state index contributed by atoms with van der Waals surface area (Å²) >= 11 is 0. The predicted octanol–water partition coefficient (Wildman–Crippen LogP) is 3.11. The minimum absolute atomic E-state index is 0.153. The van der Waals surface area contributed by atoms with Gasteiger partial charge in [-0.3, -0.25) is 4.79 Å². The molecule has 0 aliphatic carbocycles. The number of nitriles is 1. The first-order chi connectivity index (χ1) is 11.6. The number of rotatable bonds is 10. The Morgan fingerprint density at radius 3 is 2.79 bits per heavy atom. The number of nitrogens with one attached hydrogen (secondary N) is 2. The van der Waals surface area contributed by atoms with Crippen molar-refractivity contribution in [2.24, 2.45) is 0 Å². The van der Waals surface area contributed by atoms with Crippen molar-refractivity contribution in [1.82, 2.24) is 5.32 Å². The second-order valence-electron chi connectivity index (χ2n) is 5.01. The Bertz CT molecular complexity index is 612. The van der Waals surface area contributed by atoms with Crippen LogP contribution in [0.5, 0.6) is 0 Å². The van der Waals surface area contributed by atoms with Crippen molar-refractivity contribution in [1.29, 1.82) is 5.26 Å². The summed E-state index contributed by atoms with van der Waals surface area (Å²) in [7, 11) is 0. The molecule has 24 heavy (non-hydrogen) atoms. The van der Waals surface area contributed by atoms with Gasteiger partial charge in [0.05, 0.1) is 5.69 Å². The minimum Gasteiger partial charge on any atom is -0.381 e. The van der Waals surface area contributed by atoms with Crippen LogP contribution in [-0.4, -0.2) is 25.7 Å². The average Bonchev–Trinajstić information content (AvgIpc) is 2.57. The van der Waals surface area contributed by atoms with Crippen molar-refractivity contribution in [2.75, 3.05) is 25.1 Å². The van der Waals surface area contributed by atoms with Crippen molar-refractivity contribution in [3.8, 4) is 6.07 Å². The Morgan fingerprint density at radius 2 is 2.08 bits per heavy atom. The lowest BCUT2D eigenvalue weighted by Gasteiger charge is -2.06. The number of anilines is 1. The number of halogens is 2. The van der Waals surface area contributed by atoms with Crippen molar-refractivity contribution >= 4 is 11.6 Å². The molecule has 1 rings (SSSR count). The maximum absolute atomic E-state index is 13.4. The Balaban J connectivity index is 2.43. The van der Waals surface area contributed by atoms with Crippen molar-refractivity contribution in [3.05, 3.63) is 41.6 Å². The topological polar surface area (TPSA) is 74.1 Å². The van der Waals surface area contributed by atoms with Gasteiger partial charge in [0.15, 0.2) is 0 Å². The zero-order valence-electron chi connectivity index (χ0n) is 13.6. The lowest BCUT2D eigenvalue weighted by Crippen LogP contribution is -2.26. The van der Waals surface area contributed by atoms with E-state index < -0.39 is 17.5 Å². The molecule has 0 saturated heterocycles. The van der Waals surface area contributed by atoms with Gasteiger partial charge in [0.2, 0.25) is 0 Å². The van der Waals surface area contributed by atoms with Gasteiger partial charge in [-0.1, -0.05) is 13.3 Å². The predicted molar refractivity (Wildman–Crippen MR) is 87.0 cm³/mol. The summed E-state index contributed by atoms with van der Waals surface area (Å²) in [4.78, 5) is 11.8. The highest BCUT2D eigenvalue weighted by molar-refractivity contribution is 5.97. The summed E-state index contributed by atoms with van der Waals surface area (Å²) in [5, 5.41) is 14.0. The number of benzene rings is 1. The Hall–Kier alpha value is -2.46. The van der Waals surface area contributed by atoms with Gasteiger partial charge in [-0.05, 0) is 25.0 Å². The number of carbonyl (C=O) groups is 1. The first-order valence-electron chi connectivity index (χ1n) is 7.76. The molecule has 0 atom stereocenters. The van der Waals surface area contributed by atoms with E-state index in [1.54, 1.807) is 6.07 Å². The summed E-state index contributed by atoms with van der Waals surface area (Å²) in [6.45, 7) is 3.65. The van der Waals surface area contributed by atoms with Gasteiger partial charge >= 0.3 is 0 Å². The molecule has 0 aliphatic heterocycles. The molecule has 0 heterocycles. The average molecular weight is 337 g/mol. The van der Waals surface area contributed by atoms with Crippen LogP contribution in [0.2, 0.25) is 0 Å². The molecule has 7 heteroatoms. The third-order valence-electron chi connectivity index (χ3n) is 3.06. The Morgan fingerprint density at radius 1 is 1.33 bits per heavy atom. The van der Waals surface area contributed by atoms with Crippen molar-refractivity contribution in [3.63, 3.8) is 0 Å². The zero-order chi connectivity index (χ0) is 17.8. The normalized spacial score (nSPS) is 11.0. The molecule has 0 aliphatic rings. The first-order valence-corrected chi connectivity index (χ1v) is 7.76. The summed E-state index contributed by atoms with van der Waals surface area (Å²) in [5.41, 5.74) is -0.384. The van der Waals surface area contributed by atoms with Crippen LogP contribution in [0, 0.1) is 23.0 Å². The number of ether oxygens (including phenoxy) is 1. The fourth-order valence-corrected chi connectivity index (χ4v) is 1.73. The number of amides is 1. The molecule has 0 unspecified atom stereocenters. The monoisotopic (exact) mass is 337 g/mol. The number of unbranched alkanes of at least 4 members (excludes halogenated alkanes) is 1. The van der Waals surface area contributed by atoms with Gasteiger partial charge in [-0.15, -0.1) is 0 Å². The summed E-state index contributed by atoms with van der Waals surface area (Å²) in [5.74, 6) is -1.90. The van der Waals surface area contributed by atoms with E-state index in [9.17, 15) is 13.6 Å². The second-order valence-corrected chi connectivity index (χ2v) is 5.01. The Labute approximate surface area is 140 Å². The van der Waals surface area contributed by atoms with Crippen LogP contribution in [-0.2, 0) is 9.53 Å². The number of carbonyl (C=O) groups excluding carboxylic acids is 1. The van der Waals surface area contributed by atoms with Crippen LogP contribution in [0.4, 0.5) is 14.5 Å². The summed E-state index contributed by atoms with van der Waals surface area (Å²) < 4.78 is 31.8. The quantitative estimate of drug-likeness (QED) is 0.391. The molecule has 0 saturated carbocycles. The molecule has 0 aromatic heterocycles. The zero-order valence-corrected chi connectivity index (χ0v) is 13.6. The highest BCUT2D eigenvalue weighted by Gasteiger charge is 2.09. The van der Waals surface area contributed by atoms with Gasteiger partial charge in [-0.2, -0.15) is 5.26 Å². The third-order valence-corrected chi connectivity index (χ3v) is 3.06. The summed E-state index contributed by atoms with van der Waals surface area (Å²) in [6.07, 6.45) is 3.73. The molecule has 0 bridgehead atoms. The number of hydrogen-bond donors (Lipinski definition) is 2. The molecule has 0 radical (unpaired) electrons. The molecule has 1 amide bonds. The second kappa shape index (κ2) is 11.1. The van der Waals surface area contributed by atoms with E-state index in [1.165, 1.54) is 0 Å². The third kappa shape index (κ3) is 7.20. The fourth-order valence-electron chi connectivity index (χ4n) is 1.73. The molecule has 1 aromatic rings. The molecular weight excluding hydrogens is 316 g/mol. The van der Waals surface area contributed by atoms with Crippen molar-refractivity contribution in [2.45, 2.75) is 26.2 Å². The van der Waals surface area contributed by atoms with Crippen LogP contribution in [0.15, 0.2) is 30.0 Å². The standard InChI is InChI=1S/C17H21F2N3O2/c1-2-3-8-24-9-4-7-21-17(23)13(11-20)12-22-16-10-14(18)5-6-15(16)19/h5-6,10,12,22H,2-4,7-9H2,1H3,(H,21,23)/b13-12-. The number of hydrogen-bond acceptors (Lipinski definition) is 4. The van der Waals surface area contributed by atoms with E-state index in [4.69, 9.17) is 10.00 Å². The van der Waals surface area contributed by atoms with Crippen molar-refractivity contribution < 1.29 is 18.3 Å². The molecule has 0 fully saturated rings. The highest BCUT2D eigenvalue weighted by Crippen LogP contribution is 2.15. The van der Waals surface area contributed by atoms with Crippen LogP contribution >= 0.6 is 0 Å². The molecule has 0 spiro atoms. The fraction of sp³-hybridized carbons (Fsp3) is 0.412. The molecular formula is C17H21F2N3O2. The van der Waals surface area contributed by atoms with Gasteiger partial charge in [-0.25, -0.2) is 8.78 Å². The van der Waals surface area contributed by atoms with E-state index in [2.05, 4.69) is 17.6 Å². The largest absolute Gasteiger partial charge is 0.381 e. The first kappa shape index (κ1) is 19.6. The van der Waals surface area contributed by atoms with E-state index in [0.717, 1.165) is 37.2 Å². The Kier molecular flexibility index (Phi) is 9.09. The van der Waals surface area contributed by atoms with Gasteiger partial charge in [0, 0.05) is 32.0 Å². The number of nitrogens with zero attached hydrogens (tertiary/aromatic N) is 1. The molecule has 2 N–H and O–H groups in total. The molecule has 130 valence electrons. The van der Waals surface area contributed by atoms with Gasteiger partial charge < -0.3 is 15.4 Å². The maximum atomic E-state index is 13.4. The van der Waals surface area contributed by atoms with Crippen LogP contribution in [0.3, 0.4) is 0 Å². The lowest BCUT2D eigenvalue weighted by atomic mass is 10.2. The molecule has 5 nitrogen and oxygen atoms in total. The molecule has 1 aromatic carbocycles. The van der Waals surface area contributed by atoms with Gasteiger partial charge in [0.1, 0.15) is 23.3 Å². The highest BCUT2D eigenvalue weighted by atomic mass is 19.1.